The summed E-state index contributed by atoms with van der Waals surface area (Å²) in [7, 11) is 0. The zero-order valence-electron chi connectivity index (χ0n) is 14.5. The molecule has 1 aliphatic rings. The average molecular weight is 371 g/mol. The molecule has 0 unspecified atom stereocenters. The molecule has 136 valence electrons. The predicted molar refractivity (Wildman–Crippen MR) is 101 cm³/mol. The number of carbonyl (C=O) groups is 2. The first-order valence-corrected chi connectivity index (χ1v) is 9.32. The van der Waals surface area contributed by atoms with Crippen LogP contribution in [0, 0.1) is 0 Å². The molecule has 0 radical (unpaired) electrons. The highest BCUT2D eigenvalue weighted by Crippen LogP contribution is 2.27. The molecular weight excluding hydrogens is 350 g/mol. The standard InChI is InChI=1S/C19H21N3O3S/c1-2-25-18(23)16-15(12-20-11-14-9-6-10-26-14)21-19(24)22-17(16)13-7-4-3-5-8-13/h3-10,17,20H,2,11-12H2,1H3,(H2,21,22,24)/t17-/m1/s1. The molecule has 1 aliphatic heterocycles. The van der Waals surface area contributed by atoms with Gasteiger partial charge in [-0.15, -0.1) is 11.3 Å². The lowest BCUT2D eigenvalue weighted by molar-refractivity contribution is -0.139. The molecule has 3 rings (SSSR count). The van der Waals surface area contributed by atoms with Gasteiger partial charge < -0.3 is 20.7 Å². The van der Waals surface area contributed by atoms with Crippen molar-refractivity contribution in [2.75, 3.05) is 13.2 Å². The van der Waals surface area contributed by atoms with E-state index in [-0.39, 0.29) is 12.6 Å². The summed E-state index contributed by atoms with van der Waals surface area (Å²) in [4.78, 5) is 25.9. The van der Waals surface area contributed by atoms with Gasteiger partial charge in [-0.3, -0.25) is 0 Å². The van der Waals surface area contributed by atoms with E-state index in [4.69, 9.17) is 4.74 Å². The highest BCUT2D eigenvalue weighted by molar-refractivity contribution is 7.09. The van der Waals surface area contributed by atoms with E-state index in [1.54, 1.807) is 18.3 Å². The normalized spacial score (nSPS) is 16.8. The quantitative estimate of drug-likeness (QED) is 0.654. The SMILES string of the molecule is CCOC(=O)C1=C(CNCc2cccs2)NC(=O)N[C@@H]1c1ccccc1. The number of esters is 1. The average Bonchev–Trinajstić information content (AvgIpc) is 3.15. The Balaban J connectivity index is 1.87. The molecule has 1 aromatic heterocycles. The summed E-state index contributed by atoms with van der Waals surface area (Å²) in [6.45, 7) is 3.06. The number of ether oxygens (including phenoxy) is 1. The van der Waals surface area contributed by atoms with Crippen molar-refractivity contribution in [2.24, 2.45) is 0 Å². The predicted octanol–water partition coefficient (Wildman–Crippen LogP) is 2.71. The van der Waals surface area contributed by atoms with E-state index >= 15 is 0 Å². The smallest absolute Gasteiger partial charge is 0.338 e. The molecule has 0 bridgehead atoms. The number of thiophene rings is 1. The molecule has 0 aliphatic carbocycles. The zero-order valence-corrected chi connectivity index (χ0v) is 15.3. The summed E-state index contributed by atoms with van der Waals surface area (Å²) in [5, 5.41) is 10.9. The van der Waals surface area contributed by atoms with Crippen LogP contribution in [-0.4, -0.2) is 25.2 Å². The number of hydrogen-bond acceptors (Lipinski definition) is 5. The minimum Gasteiger partial charge on any atom is -0.463 e. The van der Waals surface area contributed by atoms with Gasteiger partial charge in [0.05, 0.1) is 18.2 Å². The van der Waals surface area contributed by atoms with Gasteiger partial charge in [0.2, 0.25) is 0 Å². The molecule has 26 heavy (non-hydrogen) atoms. The summed E-state index contributed by atoms with van der Waals surface area (Å²) >= 11 is 1.65. The van der Waals surface area contributed by atoms with Crippen molar-refractivity contribution in [3.8, 4) is 0 Å². The molecule has 2 heterocycles. The summed E-state index contributed by atoms with van der Waals surface area (Å²) in [6.07, 6.45) is 0. The number of benzene rings is 1. The topological polar surface area (TPSA) is 79.5 Å². The van der Waals surface area contributed by atoms with Gasteiger partial charge in [0.1, 0.15) is 0 Å². The van der Waals surface area contributed by atoms with Gasteiger partial charge in [0, 0.05) is 23.7 Å². The maximum absolute atomic E-state index is 12.6. The van der Waals surface area contributed by atoms with Crippen molar-refractivity contribution in [3.05, 3.63) is 69.6 Å². The van der Waals surface area contributed by atoms with Gasteiger partial charge >= 0.3 is 12.0 Å². The molecule has 7 heteroatoms. The molecule has 3 N–H and O–H groups in total. The summed E-state index contributed by atoms with van der Waals surface area (Å²) in [6, 6.07) is 12.6. The van der Waals surface area contributed by atoms with Crippen molar-refractivity contribution in [1.82, 2.24) is 16.0 Å². The number of hydrogen-bond donors (Lipinski definition) is 3. The third-order valence-corrected chi connectivity index (χ3v) is 4.84. The number of urea groups is 1. The van der Waals surface area contributed by atoms with E-state index in [1.807, 2.05) is 47.8 Å². The van der Waals surface area contributed by atoms with Gasteiger partial charge in [-0.1, -0.05) is 36.4 Å². The Morgan fingerprint density at radius 2 is 2.00 bits per heavy atom. The van der Waals surface area contributed by atoms with Crippen molar-refractivity contribution in [1.29, 1.82) is 0 Å². The molecule has 0 saturated heterocycles. The highest BCUT2D eigenvalue weighted by Gasteiger charge is 2.33. The maximum Gasteiger partial charge on any atom is 0.338 e. The van der Waals surface area contributed by atoms with E-state index in [9.17, 15) is 9.59 Å². The Kier molecular flexibility index (Phi) is 6.04. The number of amides is 2. The van der Waals surface area contributed by atoms with E-state index in [2.05, 4.69) is 16.0 Å². The molecular formula is C19H21N3O3S. The molecule has 0 saturated carbocycles. The Bertz CT molecular complexity index is 788. The summed E-state index contributed by atoms with van der Waals surface area (Å²) in [5.74, 6) is -0.429. The van der Waals surface area contributed by atoms with Crippen LogP contribution in [0.1, 0.15) is 23.4 Å². The van der Waals surface area contributed by atoms with Crippen LogP contribution in [0.5, 0.6) is 0 Å². The molecule has 2 amide bonds. The van der Waals surface area contributed by atoms with Crippen LogP contribution in [0.4, 0.5) is 4.79 Å². The number of carbonyl (C=O) groups excluding carboxylic acids is 2. The lowest BCUT2D eigenvalue weighted by Gasteiger charge is -2.29. The fraction of sp³-hybridized carbons (Fsp3) is 0.263. The largest absolute Gasteiger partial charge is 0.463 e. The molecule has 0 fully saturated rings. The first-order valence-electron chi connectivity index (χ1n) is 8.44. The fourth-order valence-corrected chi connectivity index (χ4v) is 3.50. The minimum atomic E-state index is -0.539. The lowest BCUT2D eigenvalue weighted by Crippen LogP contribution is -2.48. The minimum absolute atomic E-state index is 0.272. The van der Waals surface area contributed by atoms with Crippen molar-refractivity contribution in [3.63, 3.8) is 0 Å². The van der Waals surface area contributed by atoms with Crippen molar-refractivity contribution in [2.45, 2.75) is 19.5 Å². The summed E-state index contributed by atoms with van der Waals surface area (Å²) in [5.41, 5.74) is 1.80. The first-order chi connectivity index (χ1) is 12.7. The second-order valence-electron chi connectivity index (χ2n) is 5.74. The van der Waals surface area contributed by atoms with Gasteiger partial charge in [0.25, 0.3) is 0 Å². The first kappa shape index (κ1) is 18.2. The third-order valence-electron chi connectivity index (χ3n) is 3.96. The Morgan fingerprint density at radius 3 is 2.69 bits per heavy atom. The molecule has 6 nitrogen and oxygen atoms in total. The second-order valence-corrected chi connectivity index (χ2v) is 6.77. The van der Waals surface area contributed by atoms with E-state index in [0.29, 0.717) is 24.4 Å². The van der Waals surface area contributed by atoms with Gasteiger partial charge in [0.15, 0.2) is 0 Å². The van der Waals surface area contributed by atoms with E-state index in [0.717, 1.165) is 5.56 Å². The lowest BCUT2D eigenvalue weighted by atomic mass is 9.95. The summed E-state index contributed by atoms with van der Waals surface area (Å²) < 4.78 is 5.24. The number of nitrogens with one attached hydrogen (secondary N) is 3. The van der Waals surface area contributed by atoms with Crippen LogP contribution in [0.25, 0.3) is 0 Å². The molecule has 1 aromatic carbocycles. The van der Waals surface area contributed by atoms with E-state index < -0.39 is 12.0 Å². The van der Waals surface area contributed by atoms with Crippen LogP contribution < -0.4 is 16.0 Å². The van der Waals surface area contributed by atoms with Crippen LogP contribution >= 0.6 is 11.3 Å². The van der Waals surface area contributed by atoms with Gasteiger partial charge in [-0.05, 0) is 23.9 Å². The van der Waals surface area contributed by atoms with Gasteiger partial charge in [-0.2, -0.15) is 0 Å². The molecule has 1 atom stereocenters. The van der Waals surface area contributed by atoms with Crippen LogP contribution in [0.3, 0.4) is 0 Å². The Morgan fingerprint density at radius 1 is 1.19 bits per heavy atom. The van der Waals surface area contributed by atoms with Crippen LogP contribution in [-0.2, 0) is 16.1 Å². The molecule has 0 spiro atoms. The maximum atomic E-state index is 12.6. The fourth-order valence-electron chi connectivity index (χ4n) is 2.83. The van der Waals surface area contributed by atoms with Crippen molar-refractivity contribution < 1.29 is 14.3 Å². The van der Waals surface area contributed by atoms with Crippen LogP contribution in [0.2, 0.25) is 0 Å². The monoisotopic (exact) mass is 371 g/mol. The van der Waals surface area contributed by atoms with Crippen LogP contribution in [0.15, 0.2) is 59.1 Å². The molecule has 2 aromatic rings. The Labute approximate surface area is 156 Å². The number of rotatable bonds is 7. The second kappa shape index (κ2) is 8.64. The highest BCUT2D eigenvalue weighted by atomic mass is 32.1. The van der Waals surface area contributed by atoms with Crippen molar-refractivity contribution >= 4 is 23.3 Å². The van der Waals surface area contributed by atoms with E-state index in [1.165, 1.54) is 4.88 Å². The van der Waals surface area contributed by atoms with Gasteiger partial charge in [-0.25, -0.2) is 9.59 Å². The zero-order chi connectivity index (χ0) is 18.4. The Hall–Kier alpha value is -2.64. The third kappa shape index (κ3) is 4.30.